The van der Waals surface area contributed by atoms with Gasteiger partial charge < -0.3 is 9.72 Å². The summed E-state index contributed by atoms with van der Waals surface area (Å²) in [4.78, 5) is 28.0. The summed E-state index contributed by atoms with van der Waals surface area (Å²) in [5.41, 5.74) is 3.15. The van der Waals surface area contributed by atoms with Gasteiger partial charge in [0.15, 0.2) is 0 Å². The summed E-state index contributed by atoms with van der Waals surface area (Å²) in [6.45, 7) is 2.04. The van der Waals surface area contributed by atoms with Gasteiger partial charge in [-0.3, -0.25) is 0 Å². The number of H-pyrrole nitrogens is 1. The first-order valence-electron chi connectivity index (χ1n) is 8.05. The molecule has 27 heavy (non-hydrogen) atoms. The molecule has 4 rings (SSSR count). The molecule has 9 heteroatoms. The number of hydrogen-bond acceptors (Lipinski definition) is 8. The smallest absolute Gasteiger partial charge is 0.340 e. The number of nitrogens with one attached hydrogen (secondary N) is 1. The molecule has 0 spiro atoms. The molecule has 0 aliphatic rings. The van der Waals surface area contributed by atoms with Gasteiger partial charge >= 0.3 is 5.97 Å². The van der Waals surface area contributed by atoms with E-state index >= 15 is 0 Å². The normalized spacial score (nSPS) is 10.7. The minimum absolute atomic E-state index is 0.139. The topological polar surface area (TPSA) is 117 Å². The molecule has 0 bridgehead atoms. The Morgan fingerprint density at radius 3 is 2.96 bits per heavy atom. The van der Waals surface area contributed by atoms with Crippen LogP contribution in [0.3, 0.4) is 0 Å². The number of aromatic amines is 1. The second-order valence-corrected chi connectivity index (χ2v) is 6.24. The van der Waals surface area contributed by atoms with Gasteiger partial charge in [0, 0.05) is 17.3 Å². The molecule has 0 saturated carbocycles. The van der Waals surface area contributed by atoms with Crippen molar-refractivity contribution in [1.29, 1.82) is 5.26 Å². The number of ether oxygens (including phenoxy) is 1. The van der Waals surface area contributed by atoms with Crippen LogP contribution in [0.1, 0.15) is 23.1 Å². The Kier molecular flexibility index (Phi) is 4.32. The number of nitrogens with zero attached hydrogens (tertiary/aromatic N) is 5. The molecule has 1 aromatic carbocycles. The van der Waals surface area contributed by atoms with E-state index in [2.05, 4.69) is 24.3 Å². The van der Waals surface area contributed by atoms with Crippen molar-refractivity contribution in [2.45, 2.75) is 6.92 Å². The number of benzene rings is 1. The predicted molar refractivity (Wildman–Crippen MR) is 98.9 cm³/mol. The maximum atomic E-state index is 12.3. The minimum Gasteiger partial charge on any atom is -0.462 e. The first kappa shape index (κ1) is 16.8. The van der Waals surface area contributed by atoms with Crippen molar-refractivity contribution in [3.05, 3.63) is 48.2 Å². The van der Waals surface area contributed by atoms with Crippen molar-refractivity contribution >= 4 is 28.5 Å². The monoisotopic (exact) mass is 376 g/mol. The molecule has 132 valence electrons. The summed E-state index contributed by atoms with van der Waals surface area (Å²) >= 11 is 1.15. The number of esters is 1. The summed E-state index contributed by atoms with van der Waals surface area (Å²) < 4.78 is 9.12. The Morgan fingerprint density at radius 2 is 2.19 bits per heavy atom. The first-order valence-corrected chi connectivity index (χ1v) is 8.82. The standard InChI is InChI=1S/C18H12N6O2S/c1-2-26-18(25)12-8-20-16-14(12)15(21-9-22-16)10-4-3-5-11(6-10)17-23-13(7-19)24-27-17/h3-6,8-9H,2H2,1H3,(H,20,21,22). The highest BCUT2D eigenvalue weighted by molar-refractivity contribution is 7.09. The zero-order valence-electron chi connectivity index (χ0n) is 14.1. The van der Waals surface area contributed by atoms with Crippen molar-refractivity contribution in [3.8, 4) is 27.9 Å². The van der Waals surface area contributed by atoms with Gasteiger partial charge in [0.1, 0.15) is 23.1 Å². The minimum atomic E-state index is -0.432. The number of carbonyl (C=O) groups excluding carboxylic acids is 1. The fourth-order valence-corrected chi connectivity index (χ4v) is 3.35. The Morgan fingerprint density at radius 1 is 1.33 bits per heavy atom. The van der Waals surface area contributed by atoms with E-state index in [0.29, 0.717) is 27.3 Å². The van der Waals surface area contributed by atoms with Crippen LogP contribution in [0.25, 0.3) is 32.9 Å². The van der Waals surface area contributed by atoms with Crippen LogP contribution in [0.2, 0.25) is 0 Å². The van der Waals surface area contributed by atoms with Gasteiger partial charge in [-0.2, -0.15) is 9.64 Å². The molecule has 0 aliphatic heterocycles. The predicted octanol–water partition coefficient (Wildman–Crippen LogP) is 3.19. The Bertz CT molecular complexity index is 1190. The lowest BCUT2D eigenvalue weighted by Crippen LogP contribution is -2.04. The molecule has 0 radical (unpaired) electrons. The van der Waals surface area contributed by atoms with Crippen LogP contribution in [0.4, 0.5) is 0 Å². The maximum Gasteiger partial charge on any atom is 0.340 e. The molecular weight excluding hydrogens is 364 g/mol. The number of aromatic nitrogens is 5. The van der Waals surface area contributed by atoms with E-state index in [1.54, 1.807) is 13.1 Å². The van der Waals surface area contributed by atoms with E-state index in [0.717, 1.165) is 22.7 Å². The fraction of sp³-hybridized carbons (Fsp3) is 0.111. The van der Waals surface area contributed by atoms with Gasteiger partial charge in [-0.25, -0.2) is 19.7 Å². The molecule has 0 saturated heterocycles. The van der Waals surface area contributed by atoms with Gasteiger partial charge in [-0.05, 0) is 24.5 Å². The molecule has 0 amide bonds. The maximum absolute atomic E-state index is 12.3. The largest absolute Gasteiger partial charge is 0.462 e. The van der Waals surface area contributed by atoms with Crippen LogP contribution >= 0.6 is 11.5 Å². The van der Waals surface area contributed by atoms with Crippen molar-refractivity contribution in [1.82, 2.24) is 24.3 Å². The molecule has 0 aliphatic carbocycles. The lowest BCUT2D eigenvalue weighted by atomic mass is 10.0. The molecule has 1 N–H and O–H groups in total. The van der Waals surface area contributed by atoms with Crippen molar-refractivity contribution < 1.29 is 9.53 Å². The third-order valence-corrected chi connectivity index (χ3v) is 4.64. The van der Waals surface area contributed by atoms with Gasteiger partial charge in [-0.1, -0.05) is 18.2 Å². The third kappa shape index (κ3) is 3.02. The Hall–Kier alpha value is -3.64. The summed E-state index contributed by atoms with van der Waals surface area (Å²) in [7, 11) is 0. The lowest BCUT2D eigenvalue weighted by Gasteiger charge is -2.06. The van der Waals surface area contributed by atoms with E-state index in [1.807, 2.05) is 30.3 Å². The van der Waals surface area contributed by atoms with E-state index in [4.69, 9.17) is 10.00 Å². The second kappa shape index (κ2) is 6.93. The summed E-state index contributed by atoms with van der Waals surface area (Å²) in [5.74, 6) is -0.293. The van der Waals surface area contributed by atoms with E-state index in [9.17, 15) is 4.79 Å². The van der Waals surface area contributed by atoms with Crippen LogP contribution in [0, 0.1) is 11.3 Å². The second-order valence-electron chi connectivity index (χ2n) is 5.48. The highest BCUT2D eigenvalue weighted by Crippen LogP contribution is 2.31. The van der Waals surface area contributed by atoms with Crippen LogP contribution < -0.4 is 0 Å². The molecule has 0 fully saturated rings. The number of rotatable bonds is 4. The quantitative estimate of drug-likeness (QED) is 0.543. The third-order valence-electron chi connectivity index (χ3n) is 3.87. The van der Waals surface area contributed by atoms with Crippen LogP contribution in [-0.4, -0.2) is 36.9 Å². The molecule has 0 unspecified atom stereocenters. The molecule has 3 heterocycles. The van der Waals surface area contributed by atoms with Gasteiger partial charge in [0.25, 0.3) is 0 Å². The molecule has 4 aromatic rings. The SMILES string of the molecule is CCOC(=O)c1c[nH]c2ncnc(-c3cccc(-c4nc(C#N)ns4)c3)c12. The van der Waals surface area contributed by atoms with Crippen LogP contribution in [0.5, 0.6) is 0 Å². The highest BCUT2D eigenvalue weighted by atomic mass is 32.1. The lowest BCUT2D eigenvalue weighted by molar-refractivity contribution is 0.0528. The Balaban J connectivity index is 1.85. The van der Waals surface area contributed by atoms with Crippen molar-refractivity contribution in [3.63, 3.8) is 0 Å². The van der Waals surface area contributed by atoms with E-state index in [1.165, 1.54) is 6.33 Å². The average Bonchev–Trinajstić information content (AvgIpc) is 3.35. The molecule has 8 nitrogen and oxygen atoms in total. The van der Waals surface area contributed by atoms with Crippen LogP contribution in [0.15, 0.2) is 36.8 Å². The number of carbonyl (C=O) groups is 1. The number of hydrogen-bond donors (Lipinski definition) is 1. The fourth-order valence-electron chi connectivity index (χ4n) is 2.74. The summed E-state index contributed by atoms with van der Waals surface area (Å²) in [5, 5.41) is 10.2. The van der Waals surface area contributed by atoms with E-state index < -0.39 is 5.97 Å². The van der Waals surface area contributed by atoms with Gasteiger partial charge in [0.2, 0.25) is 5.82 Å². The zero-order valence-corrected chi connectivity index (χ0v) is 14.9. The first-order chi connectivity index (χ1) is 13.2. The highest BCUT2D eigenvalue weighted by Gasteiger charge is 2.19. The molecule has 0 atom stereocenters. The van der Waals surface area contributed by atoms with Gasteiger partial charge in [0.05, 0.1) is 23.3 Å². The molecule has 3 aromatic heterocycles. The van der Waals surface area contributed by atoms with Crippen molar-refractivity contribution in [2.24, 2.45) is 0 Å². The van der Waals surface area contributed by atoms with Crippen LogP contribution in [-0.2, 0) is 4.74 Å². The zero-order chi connectivity index (χ0) is 18.8. The number of fused-ring (bicyclic) bond motifs is 1. The van der Waals surface area contributed by atoms with E-state index in [-0.39, 0.29) is 12.4 Å². The molecular formula is C18H12N6O2S. The van der Waals surface area contributed by atoms with Crippen molar-refractivity contribution in [2.75, 3.05) is 6.61 Å². The Labute approximate surface area is 157 Å². The number of nitriles is 1. The van der Waals surface area contributed by atoms with Gasteiger partial charge in [-0.15, -0.1) is 0 Å². The summed E-state index contributed by atoms with van der Waals surface area (Å²) in [6, 6.07) is 9.46. The summed E-state index contributed by atoms with van der Waals surface area (Å²) in [6.07, 6.45) is 3.02. The average molecular weight is 376 g/mol.